The molecule has 7 heteroatoms. The Morgan fingerprint density at radius 3 is 2.88 bits per heavy atom. The number of amides is 1. The van der Waals surface area contributed by atoms with Gasteiger partial charge in [-0.05, 0) is 59.3 Å². The normalized spacial score (nSPS) is 10.6. The predicted molar refractivity (Wildman–Crippen MR) is 101 cm³/mol. The number of carbonyl (C=O) groups excluding carboxylic acids is 1. The van der Waals surface area contributed by atoms with Crippen LogP contribution in [0.3, 0.4) is 0 Å². The Morgan fingerprint density at radius 1 is 1.25 bits per heavy atom. The topological polar surface area (TPSA) is 54.9 Å². The number of hydrogen-bond donors (Lipinski definition) is 1. The zero-order valence-electron chi connectivity index (χ0n) is 12.7. The van der Waals surface area contributed by atoms with E-state index in [4.69, 9.17) is 0 Å². The summed E-state index contributed by atoms with van der Waals surface area (Å²) in [4.78, 5) is 12.4. The van der Waals surface area contributed by atoms with Gasteiger partial charge >= 0.3 is 0 Å². The van der Waals surface area contributed by atoms with Crippen LogP contribution in [0.4, 0.5) is 9.52 Å². The average Bonchev–Trinajstić information content (AvgIpc) is 2.96. The highest BCUT2D eigenvalue weighted by Crippen LogP contribution is 2.21. The van der Waals surface area contributed by atoms with Crippen LogP contribution in [0.1, 0.15) is 26.5 Å². The highest BCUT2D eigenvalue weighted by molar-refractivity contribution is 14.1. The van der Waals surface area contributed by atoms with Crippen molar-refractivity contribution in [2.75, 3.05) is 5.32 Å². The number of halogens is 2. The Kier molecular flexibility index (Phi) is 5.20. The van der Waals surface area contributed by atoms with E-state index >= 15 is 0 Å². The van der Waals surface area contributed by atoms with Crippen molar-refractivity contribution in [2.24, 2.45) is 0 Å². The number of hydrogen-bond acceptors (Lipinski definition) is 4. The standard InChI is InChI=1S/C17H13FIN3OS/c1-10-5-6-14(19)13(7-10)16(23)20-17-22-21-15(24-17)9-11-3-2-4-12(18)8-11/h2-8H,9H2,1H3,(H,20,22,23). The number of nitrogens with one attached hydrogen (secondary N) is 1. The van der Waals surface area contributed by atoms with Crippen LogP contribution in [-0.2, 0) is 6.42 Å². The van der Waals surface area contributed by atoms with Crippen LogP contribution in [0.2, 0.25) is 0 Å². The van der Waals surface area contributed by atoms with Crippen molar-refractivity contribution in [3.63, 3.8) is 0 Å². The molecule has 0 spiro atoms. The molecule has 0 aliphatic carbocycles. The molecule has 1 N–H and O–H groups in total. The molecule has 3 rings (SSSR count). The van der Waals surface area contributed by atoms with Crippen molar-refractivity contribution in [3.8, 4) is 0 Å². The molecular formula is C17H13FIN3OS. The van der Waals surface area contributed by atoms with Gasteiger partial charge in [0.2, 0.25) is 5.13 Å². The van der Waals surface area contributed by atoms with Crippen LogP contribution in [0.15, 0.2) is 42.5 Å². The van der Waals surface area contributed by atoms with Crippen LogP contribution in [0.5, 0.6) is 0 Å². The number of nitrogens with zero attached hydrogens (tertiary/aromatic N) is 2. The summed E-state index contributed by atoms with van der Waals surface area (Å²) in [6.45, 7) is 1.94. The fraction of sp³-hybridized carbons (Fsp3) is 0.118. The van der Waals surface area contributed by atoms with Gasteiger partial charge in [0, 0.05) is 9.99 Å². The van der Waals surface area contributed by atoms with E-state index in [2.05, 4.69) is 38.1 Å². The van der Waals surface area contributed by atoms with Gasteiger partial charge in [-0.15, -0.1) is 10.2 Å². The highest BCUT2D eigenvalue weighted by Gasteiger charge is 2.13. The molecule has 0 aliphatic rings. The molecule has 0 atom stereocenters. The third-order valence-corrected chi connectivity index (χ3v) is 5.08. The third kappa shape index (κ3) is 4.15. The molecule has 1 aromatic heterocycles. The molecule has 0 radical (unpaired) electrons. The Labute approximate surface area is 156 Å². The molecule has 4 nitrogen and oxygen atoms in total. The summed E-state index contributed by atoms with van der Waals surface area (Å²) in [7, 11) is 0. The van der Waals surface area contributed by atoms with Gasteiger partial charge in [0.25, 0.3) is 5.91 Å². The minimum atomic E-state index is -0.278. The van der Waals surface area contributed by atoms with Crippen molar-refractivity contribution in [2.45, 2.75) is 13.3 Å². The smallest absolute Gasteiger partial charge is 0.258 e. The average molecular weight is 453 g/mol. The van der Waals surface area contributed by atoms with Crippen molar-refractivity contribution in [1.82, 2.24) is 10.2 Å². The summed E-state index contributed by atoms with van der Waals surface area (Å²) in [6, 6.07) is 12.1. The molecule has 0 saturated carbocycles. The maximum Gasteiger partial charge on any atom is 0.258 e. The van der Waals surface area contributed by atoms with Crippen LogP contribution < -0.4 is 5.32 Å². The number of anilines is 1. The number of carbonyl (C=O) groups is 1. The molecule has 3 aromatic rings. The molecule has 0 aliphatic heterocycles. The minimum absolute atomic E-state index is 0.212. The van der Waals surface area contributed by atoms with Crippen LogP contribution in [0.25, 0.3) is 0 Å². The van der Waals surface area contributed by atoms with Crippen molar-refractivity contribution < 1.29 is 9.18 Å². The Morgan fingerprint density at radius 2 is 2.08 bits per heavy atom. The SMILES string of the molecule is Cc1ccc(I)c(C(=O)Nc2nnc(Cc3cccc(F)c3)s2)c1. The lowest BCUT2D eigenvalue weighted by Crippen LogP contribution is -2.13. The van der Waals surface area contributed by atoms with E-state index in [1.807, 2.05) is 31.2 Å². The minimum Gasteiger partial charge on any atom is -0.296 e. The lowest BCUT2D eigenvalue weighted by atomic mass is 10.1. The number of aryl methyl sites for hydroxylation is 1. The Hall–Kier alpha value is -1.87. The van der Waals surface area contributed by atoms with Gasteiger partial charge in [0.05, 0.1) is 5.56 Å². The fourth-order valence-corrected chi connectivity index (χ4v) is 3.52. The predicted octanol–water partition coefficient (Wildman–Crippen LogP) is 4.43. The van der Waals surface area contributed by atoms with Crippen LogP contribution >= 0.6 is 33.9 Å². The first-order valence-corrected chi connectivity index (χ1v) is 9.05. The van der Waals surface area contributed by atoms with E-state index in [9.17, 15) is 9.18 Å². The van der Waals surface area contributed by atoms with E-state index in [0.717, 1.165) is 19.7 Å². The summed E-state index contributed by atoms with van der Waals surface area (Å²) in [5.41, 5.74) is 2.44. The van der Waals surface area contributed by atoms with Gasteiger partial charge in [-0.3, -0.25) is 10.1 Å². The molecule has 0 unspecified atom stereocenters. The molecule has 0 fully saturated rings. The molecule has 0 saturated heterocycles. The maximum absolute atomic E-state index is 13.2. The van der Waals surface area contributed by atoms with Gasteiger partial charge in [0.15, 0.2) is 0 Å². The first kappa shape index (κ1) is 17.0. The Bertz CT molecular complexity index is 897. The molecular weight excluding hydrogens is 440 g/mol. The van der Waals surface area contributed by atoms with Gasteiger partial charge in [-0.25, -0.2) is 4.39 Å². The second-order valence-electron chi connectivity index (χ2n) is 5.25. The Balaban J connectivity index is 1.72. The van der Waals surface area contributed by atoms with E-state index in [-0.39, 0.29) is 11.7 Å². The number of benzene rings is 2. The lowest BCUT2D eigenvalue weighted by molar-refractivity contribution is 0.102. The highest BCUT2D eigenvalue weighted by atomic mass is 127. The summed E-state index contributed by atoms with van der Waals surface area (Å²) in [6.07, 6.45) is 0.479. The first-order chi connectivity index (χ1) is 11.5. The van der Waals surface area contributed by atoms with E-state index in [0.29, 0.717) is 17.1 Å². The molecule has 0 bridgehead atoms. The van der Waals surface area contributed by atoms with Crippen LogP contribution in [-0.4, -0.2) is 16.1 Å². The van der Waals surface area contributed by atoms with Gasteiger partial charge in [-0.2, -0.15) is 0 Å². The molecule has 1 amide bonds. The van der Waals surface area contributed by atoms with Crippen molar-refractivity contribution in [1.29, 1.82) is 0 Å². The van der Waals surface area contributed by atoms with Crippen LogP contribution in [0, 0.1) is 16.3 Å². The van der Waals surface area contributed by atoms with Crippen molar-refractivity contribution in [3.05, 3.63) is 73.5 Å². The molecule has 2 aromatic carbocycles. The van der Waals surface area contributed by atoms with E-state index in [1.54, 1.807) is 6.07 Å². The summed E-state index contributed by atoms with van der Waals surface area (Å²) in [5, 5.41) is 12.0. The third-order valence-electron chi connectivity index (χ3n) is 3.30. The van der Waals surface area contributed by atoms with E-state index < -0.39 is 0 Å². The second-order valence-corrected chi connectivity index (χ2v) is 7.47. The molecule has 24 heavy (non-hydrogen) atoms. The van der Waals surface area contributed by atoms with Gasteiger partial charge in [-0.1, -0.05) is 35.1 Å². The maximum atomic E-state index is 13.2. The zero-order chi connectivity index (χ0) is 17.1. The zero-order valence-corrected chi connectivity index (χ0v) is 15.7. The largest absolute Gasteiger partial charge is 0.296 e. The summed E-state index contributed by atoms with van der Waals surface area (Å²) >= 11 is 3.42. The molecule has 122 valence electrons. The second kappa shape index (κ2) is 7.35. The monoisotopic (exact) mass is 453 g/mol. The van der Waals surface area contributed by atoms with Gasteiger partial charge < -0.3 is 0 Å². The summed E-state index contributed by atoms with van der Waals surface area (Å²) in [5.74, 6) is -0.490. The fourth-order valence-electron chi connectivity index (χ4n) is 2.17. The number of rotatable bonds is 4. The van der Waals surface area contributed by atoms with Gasteiger partial charge in [0.1, 0.15) is 10.8 Å². The summed E-state index contributed by atoms with van der Waals surface area (Å²) < 4.78 is 14.1. The lowest BCUT2D eigenvalue weighted by Gasteiger charge is -2.05. The molecule has 1 heterocycles. The quantitative estimate of drug-likeness (QED) is 0.595. The van der Waals surface area contributed by atoms with Crippen molar-refractivity contribution >= 4 is 45.0 Å². The number of aromatic nitrogens is 2. The first-order valence-electron chi connectivity index (χ1n) is 7.15. The van der Waals surface area contributed by atoms with E-state index in [1.165, 1.54) is 23.5 Å².